The molecule has 0 aliphatic rings. The van der Waals surface area contributed by atoms with Gasteiger partial charge in [-0.3, -0.25) is 0 Å². The lowest BCUT2D eigenvalue weighted by atomic mass is 10.2. The number of nitrogens with two attached hydrogens (primary N) is 1. The fraction of sp³-hybridized carbons (Fsp3) is 0.444. The van der Waals surface area contributed by atoms with Crippen LogP contribution in [0.25, 0.3) is 0 Å². The third kappa shape index (κ3) is 4.08. The minimum absolute atomic E-state index is 0.0787. The van der Waals surface area contributed by atoms with Gasteiger partial charge in [0.25, 0.3) is 0 Å². The summed E-state index contributed by atoms with van der Waals surface area (Å²) in [4.78, 5) is 0.756. The van der Waals surface area contributed by atoms with Gasteiger partial charge in [-0.2, -0.15) is 18.3 Å². The minimum atomic E-state index is -4.43. The van der Waals surface area contributed by atoms with Crippen molar-refractivity contribution in [2.24, 2.45) is 5.73 Å². The normalized spacial score (nSPS) is 11.3. The second kappa shape index (κ2) is 5.91. The number of nitrogens with zero attached hydrogens (tertiary/aromatic N) is 3. The molecule has 1 rings (SSSR count). The van der Waals surface area contributed by atoms with Gasteiger partial charge >= 0.3 is 6.18 Å². The second-order valence-electron chi connectivity index (χ2n) is 3.39. The quantitative estimate of drug-likeness (QED) is 0.764. The molecule has 0 aromatic carbocycles. The van der Waals surface area contributed by atoms with Gasteiger partial charge < -0.3 is 15.7 Å². The molecular formula is C9H11F3N4OS. The van der Waals surface area contributed by atoms with Crippen LogP contribution in [-0.2, 0) is 0 Å². The third-order valence-electron chi connectivity index (χ3n) is 2.01. The van der Waals surface area contributed by atoms with Crippen LogP contribution in [-0.4, -0.2) is 46.2 Å². The maximum atomic E-state index is 12.4. The average molecular weight is 280 g/mol. The number of halogens is 3. The summed E-state index contributed by atoms with van der Waals surface area (Å²) in [6.45, 7) is -1.96. The Bertz CT molecular complexity index is 427. The van der Waals surface area contributed by atoms with Crippen LogP contribution in [0.3, 0.4) is 0 Å². The summed E-state index contributed by atoms with van der Waals surface area (Å²) in [7, 11) is 0. The van der Waals surface area contributed by atoms with E-state index < -0.39 is 19.3 Å². The van der Waals surface area contributed by atoms with Gasteiger partial charge in [0.05, 0.1) is 18.4 Å². The summed E-state index contributed by atoms with van der Waals surface area (Å²) in [6, 6.07) is 1.38. The molecule has 1 aromatic heterocycles. The van der Waals surface area contributed by atoms with Crippen LogP contribution in [0, 0.1) is 0 Å². The van der Waals surface area contributed by atoms with Gasteiger partial charge in [0, 0.05) is 6.54 Å². The van der Waals surface area contributed by atoms with Crippen LogP contribution >= 0.6 is 12.2 Å². The number of aliphatic hydroxyl groups excluding tert-OH is 1. The summed E-state index contributed by atoms with van der Waals surface area (Å²) < 4.78 is 37.2. The third-order valence-corrected chi connectivity index (χ3v) is 2.23. The molecule has 0 amide bonds. The Kier molecular flexibility index (Phi) is 4.79. The standard InChI is InChI=1S/C9H11F3N4OS/c10-9(11,12)5-16(3-4-17)8-6(7(13)18)1-2-14-15-8/h1-2,17H,3-5H2,(H2,13,18). The SMILES string of the molecule is NC(=S)c1ccnnc1N(CCO)CC(F)(F)F. The average Bonchev–Trinajstić information content (AvgIpc) is 2.26. The van der Waals surface area contributed by atoms with Crippen molar-refractivity contribution in [3.8, 4) is 0 Å². The zero-order chi connectivity index (χ0) is 13.8. The molecule has 1 aromatic rings. The molecule has 9 heteroatoms. The topological polar surface area (TPSA) is 75.3 Å². The van der Waals surface area contributed by atoms with E-state index in [4.69, 9.17) is 23.1 Å². The lowest BCUT2D eigenvalue weighted by Crippen LogP contribution is -2.38. The van der Waals surface area contributed by atoms with Crippen molar-refractivity contribution >= 4 is 23.0 Å². The highest BCUT2D eigenvalue weighted by Crippen LogP contribution is 2.22. The number of anilines is 1. The van der Waals surface area contributed by atoms with Gasteiger partial charge in [-0.05, 0) is 6.07 Å². The molecule has 1 heterocycles. The maximum Gasteiger partial charge on any atom is 0.405 e. The Morgan fingerprint density at radius 3 is 2.67 bits per heavy atom. The van der Waals surface area contributed by atoms with E-state index in [9.17, 15) is 13.2 Å². The molecule has 5 nitrogen and oxygen atoms in total. The predicted octanol–water partition coefficient (Wildman–Crippen LogP) is 0.472. The Labute approximate surface area is 106 Å². The van der Waals surface area contributed by atoms with Crippen molar-refractivity contribution in [3.05, 3.63) is 17.8 Å². The fourth-order valence-electron chi connectivity index (χ4n) is 1.35. The van der Waals surface area contributed by atoms with E-state index >= 15 is 0 Å². The zero-order valence-electron chi connectivity index (χ0n) is 9.18. The van der Waals surface area contributed by atoms with E-state index in [0.717, 1.165) is 4.90 Å². The molecule has 0 saturated heterocycles. The van der Waals surface area contributed by atoms with E-state index in [0.29, 0.717) is 0 Å². The molecule has 0 aliphatic carbocycles. The first-order valence-electron chi connectivity index (χ1n) is 4.89. The van der Waals surface area contributed by atoms with Gasteiger partial charge in [-0.15, -0.1) is 5.10 Å². The number of aliphatic hydroxyl groups is 1. The van der Waals surface area contributed by atoms with Gasteiger partial charge in [-0.1, -0.05) is 12.2 Å². The van der Waals surface area contributed by atoms with E-state index in [-0.39, 0.29) is 22.9 Å². The van der Waals surface area contributed by atoms with Gasteiger partial charge in [0.2, 0.25) is 0 Å². The molecule has 100 valence electrons. The van der Waals surface area contributed by atoms with Crippen LogP contribution in [0.15, 0.2) is 12.3 Å². The molecule has 18 heavy (non-hydrogen) atoms. The van der Waals surface area contributed by atoms with Gasteiger partial charge in [-0.25, -0.2) is 0 Å². The highest BCUT2D eigenvalue weighted by atomic mass is 32.1. The lowest BCUT2D eigenvalue weighted by molar-refractivity contribution is -0.120. The molecule has 0 radical (unpaired) electrons. The summed E-state index contributed by atoms with van der Waals surface area (Å²) in [5, 5.41) is 15.9. The number of alkyl halides is 3. The van der Waals surface area contributed by atoms with Crippen LogP contribution < -0.4 is 10.6 Å². The largest absolute Gasteiger partial charge is 0.405 e. The Balaban J connectivity index is 3.09. The first-order chi connectivity index (χ1) is 8.35. The van der Waals surface area contributed by atoms with Crippen molar-refractivity contribution in [2.45, 2.75) is 6.18 Å². The Morgan fingerprint density at radius 1 is 1.50 bits per heavy atom. The first-order valence-corrected chi connectivity index (χ1v) is 5.30. The molecular weight excluding hydrogens is 269 g/mol. The molecule has 0 fully saturated rings. The summed E-state index contributed by atoms with van der Waals surface area (Å²) in [6.07, 6.45) is -3.15. The summed E-state index contributed by atoms with van der Waals surface area (Å²) >= 11 is 4.73. The predicted molar refractivity (Wildman–Crippen MR) is 63.3 cm³/mol. The van der Waals surface area contributed by atoms with E-state index in [1.807, 2.05) is 0 Å². The summed E-state index contributed by atoms with van der Waals surface area (Å²) in [5.74, 6) is -0.0867. The monoisotopic (exact) mass is 280 g/mol. The Morgan fingerprint density at radius 2 is 2.17 bits per heavy atom. The number of hydrogen-bond donors (Lipinski definition) is 2. The lowest BCUT2D eigenvalue weighted by Gasteiger charge is -2.25. The van der Waals surface area contributed by atoms with Crippen LogP contribution in [0.2, 0.25) is 0 Å². The van der Waals surface area contributed by atoms with Crippen molar-refractivity contribution < 1.29 is 18.3 Å². The van der Waals surface area contributed by atoms with Crippen LogP contribution in [0.5, 0.6) is 0 Å². The minimum Gasteiger partial charge on any atom is -0.395 e. The van der Waals surface area contributed by atoms with Gasteiger partial charge in [0.1, 0.15) is 11.5 Å². The second-order valence-corrected chi connectivity index (χ2v) is 3.83. The van der Waals surface area contributed by atoms with Crippen LogP contribution in [0.4, 0.5) is 19.0 Å². The van der Waals surface area contributed by atoms with Crippen molar-refractivity contribution in [1.82, 2.24) is 10.2 Å². The highest BCUT2D eigenvalue weighted by Gasteiger charge is 2.32. The maximum absolute atomic E-state index is 12.4. The molecule has 0 bridgehead atoms. The van der Waals surface area contributed by atoms with Crippen LogP contribution in [0.1, 0.15) is 5.56 Å². The Hall–Kier alpha value is -1.48. The highest BCUT2D eigenvalue weighted by molar-refractivity contribution is 7.80. The van der Waals surface area contributed by atoms with Crippen molar-refractivity contribution in [3.63, 3.8) is 0 Å². The smallest absolute Gasteiger partial charge is 0.395 e. The molecule has 3 N–H and O–H groups in total. The van der Waals surface area contributed by atoms with Crippen molar-refractivity contribution in [1.29, 1.82) is 0 Å². The van der Waals surface area contributed by atoms with Crippen molar-refractivity contribution in [2.75, 3.05) is 24.6 Å². The van der Waals surface area contributed by atoms with E-state index in [1.165, 1.54) is 12.3 Å². The number of rotatable bonds is 5. The van der Waals surface area contributed by atoms with Gasteiger partial charge in [0.15, 0.2) is 5.82 Å². The molecule has 0 atom stereocenters. The number of hydrogen-bond acceptors (Lipinski definition) is 5. The number of thiocarbonyl (C=S) groups is 1. The molecule has 0 spiro atoms. The van der Waals surface area contributed by atoms with E-state index in [1.54, 1.807) is 0 Å². The first kappa shape index (κ1) is 14.6. The van der Waals surface area contributed by atoms with E-state index in [2.05, 4.69) is 10.2 Å². The summed E-state index contributed by atoms with van der Waals surface area (Å²) in [5.41, 5.74) is 5.60. The molecule has 0 unspecified atom stereocenters. The number of aromatic nitrogens is 2. The fourth-order valence-corrected chi connectivity index (χ4v) is 1.51. The molecule has 0 saturated carbocycles. The zero-order valence-corrected chi connectivity index (χ0v) is 10.0. The molecule has 0 aliphatic heterocycles.